The van der Waals surface area contributed by atoms with Crippen LogP contribution >= 0.6 is 23.1 Å². The van der Waals surface area contributed by atoms with E-state index in [1.807, 2.05) is 10.3 Å². The summed E-state index contributed by atoms with van der Waals surface area (Å²) in [7, 11) is 0. The monoisotopic (exact) mass is 417 g/mol. The second kappa shape index (κ2) is 9.56. The fraction of sp³-hybridized carbons (Fsp3) is 0.476. The molecule has 1 aliphatic heterocycles. The lowest BCUT2D eigenvalue weighted by molar-refractivity contribution is -0.131. The molecule has 150 valence electrons. The van der Waals surface area contributed by atoms with Gasteiger partial charge in [0, 0.05) is 23.5 Å². The van der Waals surface area contributed by atoms with Gasteiger partial charge >= 0.3 is 0 Å². The molecule has 1 aliphatic rings. The first-order valence-electron chi connectivity index (χ1n) is 9.64. The largest absolute Gasteiger partial charge is 0.339 e. The molecule has 1 aromatic carbocycles. The Balaban J connectivity index is 1.47. The fourth-order valence-electron chi connectivity index (χ4n) is 3.49. The Bertz CT molecular complexity index is 850. The molecule has 5 nitrogen and oxygen atoms in total. The summed E-state index contributed by atoms with van der Waals surface area (Å²) in [6.07, 6.45) is 3.34. The van der Waals surface area contributed by atoms with E-state index in [0.29, 0.717) is 16.9 Å². The third kappa shape index (κ3) is 5.35. The number of hydrogen-bond acceptors (Lipinski definition) is 5. The van der Waals surface area contributed by atoms with Gasteiger partial charge in [0.1, 0.15) is 0 Å². The van der Waals surface area contributed by atoms with Crippen molar-refractivity contribution in [3.8, 4) is 11.3 Å². The summed E-state index contributed by atoms with van der Waals surface area (Å²) in [6, 6.07) is 6.57. The van der Waals surface area contributed by atoms with Crippen LogP contribution in [0.3, 0.4) is 0 Å². The quantitative estimate of drug-likeness (QED) is 0.752. The molecular formula is C21H27N3O2S2. The first-order chi connectivity index (χ1) is 13.4. The van der Waals surface area contributed by atoms with E-state index >= 15 is 0 Å². The Kier molecular flexibility index (Phi) is 7.13. The number of carbonyl (C=O) groups excluding carboxylic acids is 2. The third-order valence-electron chi connectivity index (χ3n) is 4.99. The van der Waals surface area contributed by atoms with E-state index in [-0.39, 0.29) is 17.6 Å². The van der Waals surface area contributed by atoms with Crippen LogP contribution in [0, 0.1) is 13.8 Å². The molecule has 7 heteroatoms. The van der Waals surface area contributed by atoms with Gasteiger partial charge in [0.05, 0.1) is 17.2 Å². The highest BCUT2D eigenvalue weighted by atomic mass is 32.2. The van der Waals surface area contributed by atoms with Gasteiger partial charge in [-0.15, -0.1) is 23.1 Å². The Hall–Kier alpha value is -1.86. The van der Waals surface area contributed by atoms with Crippen LogP contribution in [0.25, 0.3) is 11.3 Å². The number of aryl methyl sites for hydroxylation is 2. The van der Waals surface area contributed by atoms with Gasteiger partial charge in [0.2, 0.25) is 11.8 Å². The number of nitrogens with zero attached hydrogens (tertiary/aromatic N) is 2. The van der Waals surface area contributed by atoms with Gasteiger partial charge in [0.15, 0.2) is 5.13 Å². The maximum atomic E-state index is 12.3. The van der Waals surface area contributed by atoms with Gasteiger partial charge in [-0.1, -0.05) is 23.8 Å². The standard InChI is InChI=1S/C21H27N3O2S2/c1-14-7-8-17(15(2)10-14)18-11-28-21(22-18)23-19(25)12-27-13-20(26)24-9-5-4-6-16(24)3/h7-8,10-11,16H,4-6,9,12-13H2,1-3H3,(H,22,23,25)/t16-/m1/s1. The van der Waals surface area contributed by atoms with Crippen molar-refractivity contribution in [2.24, 2.45) is 0 Å². The molecule has 2 heterocycles. The number of piperidine rings is 1. The van der Waals surface area contributed by atoms with Crippen molar-refractivity contribution in [3.05, 3.63) is 34.7 Å². The maximum absolute atomic E-state index is 12.3. The van der Waals surface area contributed by atoms with E-state index in [2.05, 4.69) is 49.3 Å². The number of rotatable bonds is 6. The number of carbonyl (C=O) groups is 2. The molecular weight excluding hydrogens is 390 g/mol. The number of thioether (sulfide) groups is 1. The maximum Gasteiger partial charge on any atom is 0.236 e. The number of hydrogen-bond donors (Lipinski definition) is 1. The van der Waals surface area contributed by atoms with E-state index in [0.717, 1.165) is 30.6 Å². The van der Waals surface area contributed by atoms with Crippen LogP contribution in [0.15, 0.2) is 23.6 Å². The summed E-state index contributed by atoms with van der Waals surface area (Å²) in [5.74, 6) is 0.623. The normalized spacial score (nSPS) is 16.8. The van der Waals surface area contributed by atoms with Crippen LogP contribution in [-0.4, -0.2) is 45.8 Å². The van der Waals surface area contributed by atoms with Crippen LogP contribution in [0.1, 0.15) is 37.3 Å². The summed E-state index contributed by atoms with van der Waals surface area (Å²) < 4.78 is 0. The average Bonchev–Trinajstić information content (AvgIpc) is 3.10. The topological polar surface area (TPSA) is 62.3 Å². The number of thiazole rings is 1. The van der Waals surface area contributed by atoms with Crippen LogP contribution < -0.4 is 5.32 Å². The van der Waals surface area contributed by atoms with Gasteiger partial charge in [-0.3, -0.25) is 9.59 Å². The van der Waals surface area contributed by atoms with E-state index in [9.17, 15) is 9.59 Å². The second-order valence-corrected chi connectivity index (χ2v) is 9.17. The third-order valence-corrected chi connectivity index (χ3v) is 6.67. The van der Waals surface area contributed by atoms with Crippen molar-refractivity contribution < 1.29 is 9.59 Å². The van der Waals surface area contributed by atoms with Crippen molar-refractivity contribution >= 4 is 40.0 Å². The molecule has 0 saturated carbocycles. The number of benzene rings is 1. The van der Waals surface area contributed by atoms with Crippen molar-refractivity contribution in [1.82, 2.24) is 9.88 Å². The Morgan fingerprint density at radius 3 is 2.86 bits per heavy atom. The predicted molar refractivity (Wildman–Crippen MR) is 118 cm³/mol. The Morgan fingerprint density at radius 1 is 1.29 bits per heavy atom. The van der Waals surface area contributed by atoms with E-state index < -0.39 is 0 Å². The van der Waals surface area contributed by atoms with Gasteiger partial charge in [0.25, 0.3) is 0 Å². The number of likely N-dealkylation sites (tertiary alicyclic amines) is 1. The molecule has 0 unspecified atom stereocenters. The van der Waals surface area contributed by atoms with Crippen LogP contribution in [-0.2, 0) is 9.59 Å². The lowest BCUT2D eigenvalue weighted by Crippen LogP contribution is -2.43. The highest BCUT2D eigenvalue weighted by Gasteiger charge is 2.23. The highest BCUT2D eigenvalue weighted by Crippen LogP contribution is 2.28. The minimum absolute atomic E-state index is 0.119. The number of anilines is 1. The molecule has 1 fully saturated rings. The molecule has 1 saturated heterocycles. The summed E-state index contributed by atoms with van der Waals surface area (Å²) in [4.78, 5) is 31.0. The summed E-state index contributed by atoms with van der Waals surface area (Å²) in [5, 5.41) is 5.40. The van der Waals surface area contributed by atoms with Crippen molar-refractivity contribution in [3.63, 3.8) is 0 Å². The molecule has 1 N–H and O–H groups in total. The summed E-state index contributed by atoms with van der Waals surface area (Å²) in [5.41, 5.74) is 4.34. The molecule has 28 heavy (non-hydrogen) atoms. The van der Waals surface area contributed by atoms with E-state index in [1.165, 1.54) is 40.6 Å². The van der Waals surface area contributed by atoms with Crippen LogP contribution in [0.4, 0.5) is 5.13 Å². The van der Waals surface area contributed by atoms with Gasteiger partial charge in [-0.05, 0) is 45.6 Å². The predicted octanol–water partition coefficient (Wildman–Crippen LogP) is 4.50. The van der Waals surface area contributed by atoms with Gasteiger partial charge in [-0.25, -0.2) is 4.98 Å². The second-order valence-electron chi connectivity index (χ2n) is 7.33. The summed E-state index contributed by atoms with van der Waals surface area (Å²) in [6.45, 7) is 7.08. The molecule has 0 bridgehead atoms. The SMILES string of the molecule is Cc1ccc(-c2csc(NC(=O)CSCC(=O)N3CCCC[C@H]3C)n2)c(C)c1. The molecule has 1 aromatic heterocycles. The average molecular weight is 418 g/mol. The summed E-state index contributed by atoms with van der Waals surface area (Å²) >= 11 is 2.79. The van der Waals surface area contributed by atoms with Crippen molar-refractivity contribution in [2.45, 2.75) is 46.1 Å². The van der Waals surface area contributed by atoms with Crippen molar-refractivity contribution in [1.29, 1.82) is 0 Å². The molecule has 0 radical (unpaired) electrons. The first kappa shape index (κ1) is 20.9. The zero-order valence-corrected chi connectivity index (χ0v) is 18.3. The molecule has 0 spiro atoms. The lowest BCUT2D eigenvalue weighted by Gasteiger charge is -2.33. The zero-order valence-electron chi connectivity index (χ0n) is 16.7. The number of aromatic nitrogens is 1. The van der Waals surface area contributed by atoms with Crippen LogP contribution in [0.2, 0.25) is 0 Å². The van der Waals surface area contributed by atoms with Crippen LogP contribution in [0.5, 0.6) is 0 Å². The Labute approximate surface area is 174 Å². The fourth-order valence-corrected chi connectivity index (χ4v) is 4.92. The van der Waals surface area contributed by atoms with Gasteiger partial charge in [-0.2, -0.15) is 0 Å². The lowest BCUT2D eigenvalue weighted by atomic mass is 10.0. The molecule has 0 aliphatic carbocycles. The van der Waals surface area contributed by atoms with Gasteiger partial charge < -0.3 is 10.2 Å². The van der Waals surface area contributed by atoms with Crippen molar-refractivity contribution in [2.75, 3.05) is 23.4 Å². The molecule has 2 amide bonds. The van der Waals surface area contributed by atoms with E-state index in [4.69, 9.17) is 0 Å². The highest BCUT2D eigenvalue weighted by molar-refractivity contribution is 8.00. The zero-order chi connectivity index (χ0) is 20.1. The molecule has 1 atom stereocenters. The molecule has 3 rings (SSSR count). The first-order valence-corrected chi connectivity index (χ1v) is 11.7. The molecule has 2 aromatic rings. The van der Waals surface area contributed by atoms with E-state index in [1.54, 1.807) is 0 Å². The number of amides is 2. The number of nitrogens with one attached hydrogen (secondary N) is 1. The minimum Gasteiger partial charge on any atom is -0.339 e. The Morgan fingerprint density at radius 2 is 2.11 bits per heavy atom. The minimum atomic E-state index is -0.119. The smallest absolute Gasteiger partial charge is 0.236 e.